The van der Waals surface area contributed by atoms with E-state index in [0.29, 0.717) is 18.3 Å². The Labute approximate surface area is 214 Å². The molecule has 4 atom stereocenters. The van der Waals surface area contributed by atoms with Gasteiger partial charge in [0, 0.05) is 44.2 Å². The number of rotatable bonds is 7. The molecule has 206 valence electrons. The first-order valence-corrected chi connectivity index (χ1v) is 14.5. The summed E-state index contributed by atoms with van der Waals surface area (Å²) in [4.78, 5) is 35.6. The van der Waals surface area contributed by atoms with Crippen molar-refractivity contribution in [2.75, 3.05) is 33.2 Å². The fraction of sp³-hybridized carbons (Fsp3) is 0.964. The minimum absolute atomic E-state index is 0.379. The fourth-order valence-corrected chi connectivity index (χ4v) is 6.27. The Bertz CT molecular complexity index is 568. The average molecular weight is 499 g/mol. The zero-order valence-electron chi connectivity index (χ0n) is 23.5. The smallest absolute Gasteiger partial charge is 0.239 e. The van der Waals surface area contributed by atoms with Gasteiger partial charge in [0.15, 0.2) is 0 Å². The average Bonchev–Trinajstić information content (AvgIpc) is 2.89. The first kappa shape index (κ1) is 30.7. The van der Waals surface area contributed by atoms with E-state index >= 15 is 0 Å². The standard InChI is InChI=1S/C18H30O4.C7H18N2.C3H6O/c1-3-15-11-14-9-13(2)10-16(12-14)18(15)21-19-17(20-22-18)7-5-4-6-8-17;1-4-9(5-2)7-6-8-3;1-2-3-4/h13-16H,3-12H2,1-2H3;8H,4-7H2,1-3H3;3H,2H2,1H3. The van der Waals surface area contributed by atoms with Crippen molar-refractivity contribution in [2.24, 2.45) is 23.7 Å². The van der Waals surface area contributed by atoms with Crippen LogP contribution in [-0.4, -0.2) is 56.0 Å². The molecule has 4 fully saturated rings. The highest BCUT2D eigenvalue weighted by atomic mass is 17.4. The number of nitrogens with one attached hydrogen (secondary N) is 1. The van der Waals surface area contributed by atoms with E-state index in [9.17, 15) is 4.79 Å². The van der Waals surface area contributed by atoms with Crippen LogP contribution in [0.3, 0.4) is 0 Å². The summed E-state index contributed by atoms with van der Waals surface area (Å²) in [6, 6.07) is 0. The molecule has 0 amide bonds. The lowest BCUT2D eigenvalue weighted by Crippen LogP contribution is -2.61. The third kappa shape index (κ3) is 8.47. The number of carbonyl (C=O) groups excluding carboxylic acids is 1. The topological polar surface area (TPSA) is 69.3 Å². The molecule has 2 spiro atoms. The Hall–Kier alpha value is -0.570. The molecule has 2 bridgehead atoms. The molecular weight excluding hydrogens is 444 g/mol. The summed E-state index contributed by atoms with van der Waals surface area (Å²) in [6.45, 7) is 15.4. The fourth-order valence-electron chi connectivity index (χ4n) is 6.27. The quantitative estimate of drug-likeness (QED) is 0.347. The maximum Gasteiger partial charge on any atom is 0.239 e. The van der Waals surface area contributed by atoms with E-state index in [0.717, 1.165) is 76.3 Å². The Morgan fingerprint density at radius 1 is 0.914 bits per heavy atom. The highest BCUT2D eigenvalue weighted by molar-refractivity contribution is 5.48. The van der Waals surface area contributed by atoms with Crippen molar-refractivity contribution in [3.05, 3.63) is 0 Å². The van der Waals surface area contributed by atoms with E-state index in [4.69, 9.17) is 19.6 Å². The Balaban J connectivity index is 0.000000279. The minimum atomic E-state index is -0.664. The Kier molecular flexibility index (Phi) is 13.7. The summed E-state index contributed by atoms with van der Waals surface area (Å²) in [5.74, 6) is 1.05. The van der Waals surface area contributed by atoms with Crippen LogP contribution in [0.2, 0.25) is 0 Å². The van der Waals surface area contributed by atoms with Crippen molar-refractivity contribution in [1.82, 2.24) is 10.2 Å². The molecule has 0 aromatic heterocycles. The van der Waals surface area contributed by atoms with Crippen LogP contribution in [0.5, 0.6) is 0 Å². The van der Waals surface area contributed by atoms with Crippen LogP contribution in [0.4, 0.5) is 0 Å². The predicted molar refractivity (Wildman–Crippen MR) is 139 cm³/mol. The van der Waals surface area contributed by atoms with E-state index in [-0.39, 0.29) is 0 Å². The van der Waals surface area contributed by atoms with Crippen LogP contribution in [0, 0.1) is 23.7 Å². The largest absolute Gasteiger partial charge is 0.318 e. The second-order valence-corrected chi connectivity index (χ2v) is 10.9. The van der Waals surface area contributed by atoms with E-state index in [2.05, 4.69) is 37.9 Å². The number of hydrogen-bond donors (Lipinski definition) is 1. The van der Waals surface area contributed by atoms with Crippen LogP contribution in [-0.2, 0) is 24.3 Å². The van der Waals surface area contributed by atoms with Gasteiger partial charge >= 0.3 is 0 Å². The molecule has 0 radical (unpaired) electrons. The van der Waals surface area contributed by atoms with Gasteiger partial charge in [-0.15, -0.1) is 0 Å². The van der Waals surface area contributed by atoms with Crippen LogP contribution < -0.4 is 5.32 Å². The molecule has 7 nitrogen and oxygen atoms in total. The van der Waals surface area contributed by atoms with Crippen LogP contribution >= 0.6 is 0 Å². The second-order valence-electron chi connectivity index (χ2n) is 10.9. The molecule has 7 heteroatoms. The van der Waals surface area contributed by atoms with Gasteiger partial charge in [0.1, 0.15) is 6.29 Å². The number of carbonyl (C=O) groups is 1. The van der Waals surface area contributed by atoms with Gasteiger partial charge in [0.25, 0.3) is 0 Å². The number of aldehydes is 1. The molecule has 4 aliphatic rings. The number of likely N-dealkylation sites (N-methyl/N-ethyl adjacent to an activating group) is 2. The van der Waals surface area contributed by atoms with Crippen LogP contribution in [0.25, 0.3) is 0 Å². The van der Waals surface area contributed by atoms with Crippen molar-refractivity contribution < 1.29 is 24.3 Å². The van der Waals surface area contributed by atoms with E-state index < -0.39 is 11.6 Å². The Morgan fingerprint density at radius 3 is 2.06 bits per heavy atom. The summed E-state index contributed by atoms with van der Waals surface area (Å²) in [7, 11) is 1.99. The van der Waals surface area contributed by atoms with E-state index in [1.54, 1.807) is 0 Å². The summed E-state index contributed by atoms with van der Waals surface area (Å²) in [6.07, 6.45) is 12.7. The van der Waals surface area contributed by atoms with Gasteiger partial charge in [-0.25, -0.2) is 0 Å². The van der Waals surface area contributed by atoms with Gasteiger partial charge in [0.2, 0.25) is 11.6 Å². The molecule has 1 N–H and O–H groups in total. The van der Waals surface area contributed by atoms with Gasteiger partial charge in [-0.3, -0.25) is 0 Å². The summed E-state index contributed by atoms with van der Waals surface area (Å²) < 4.78 is 0. The zero-order valence-corrected chi connectivity index (χ0v) is 23.5. The maximum atomic E-state index is 9.17. The summed E-state index contributed by atoms with van der Waals surface area (Å²) in [5, 5.41) is 3.13. The van der Waals surface area contributed by atoms with Gasteiger partial charge < -0.3 is 15.0 Å². The number of fused-ring (bicyclic) bond motifs is 3. The molecule has 35 heavy (non-hydrogen) atoms. The lowest BCUT2D eigenvalue weighted by Gasteiger charge is -2.55. The first-order valence-electron chi connectivity index (χ1n) is 14.5. The van der Waals surface area contributed by atoms with Gasteiger partial charge in [-0.05, 0) is 76.9 Å². The van der Waals surface area contributed by atoms with Crippen LogP contribution in [0.15, 0.2) is 0 Å². The van der Waals surface area contributed by atoms with E-state index in [1.807, 2.05) is 14.0 Å². The third-order valence-corrected chi connectivity index (χ3v) is 8.29. The second kappa shape index (κ2) is 15.6. The molecule has 4 rings (SSSR count). The first-order chi connectivity index (χ1) is 16.9. The highest BCUT2D eigenvalue weighted by Crippen LogP contribution is 2.56. The van der Waals surface area contributed by atoms with Gasteiger partial charge in [0.05, 0.1) is 0 Å². The SMILES string of the molecule is CCC1CC2CC(C)CC(C2)C12OOC1(CCCCC1)OO2.CCC=O.CCN(CC)CCNC. The molecule has 3 saturated carbocycles. The third-order valence-electron chi connectivity index (χ3n) is 8.29. The predicted octanol–water partition coefficient (Wildman–Crippen LogP) is 5.88. The molecule has 1 saturated heterocycles. The van der Waals surface area contributed by atoms with Crippen molar-refractivity contribution in [2.45, 2.75) is 117 Å². The van der Waals surface area contributed by atoms with Gasteiger partial charge in [-0.1, -0.05) is 41.0 Å². The molecule has 3 aliphatic carbocycles. The molecular formula is C28H54N2O5. The summed E-state index contributed by atoms with van der Waals surface area (Å²) in [5.41, 5.74) is 0. The van der Waals surface area contributed by atoms with Crippen molar-refractivity contribution in [3.8, 4) is 0 Å². The monoisotopic (exact) mass is 498 g/mol. The number of hydrogen-bond acceptors (Lipinski definition) is 7. The van der Waals surface area contributed by atoms with Crippen molar-refractivity contribution in [3.63, 3.8) is 0 Å². The molecule has 4 unspecified atom stereocenters. The van der Waals surface area contributed by atoms with Crippen LogP contribution in [0.1, 0.15) is 105 Å². The Morgan fingerprint density at radius 2 is 1.54 bits per heavy atom. The van der Waals surface area contributed by atoms with Gasteiger partial charge in [-0.2, -0.15) is 19.6 Å². The van der Waals surface area contributed by atoms with E-state index in [1.165, 1.54) is 32.2 Å². The molecule has 0 aromatic carbocycles. The lowest BCUT2D eigenvalue weighted by atomic mass is 9.61. The van der Waals surface area contributed by atoms with Crippen molar-refractivity contribution >= 4 is 6.29 Å². The lowest BCUT2D eigenvalue weighted by molar-refractivity contribution is -0.677. The zero-order chi connectivity index (χ0) is 25.7. The highest BCUT2D eigenvalue weighted by Gasteiger charge is 2.60. The minimum Gasteiger partial charge on any atom is -0.318 e. The molecule has 0 aromatic rings. The normalized spacial score (nSPS) is 30.7. The van der Waals surface area contributed by atoms with Crippen molar-refractivity contribution in [1.29, 1.82) is 0 Å². The maximum absolute atomic E-state index is 9.17. The molecule has 1 aliphatic heterocycles. The molecule has 1 heterocycles. The number of nitrogens with zero attached hydrogens (tertiary/aromatic N) is 1. The summed E-state index contributed by atoms with van der Waals surface area (Å²) >= 11 is 0.